The largest absolute Gasteiger partial charge is 0.322 e. The molecule has 0 aromatic carbocycles. The second-order valence-corrected chi connectivity index (χ2v) is 5.76. The molecule has 1 aromatic rings. The van der Waals surface area contributed by atoms with E-state index in [0.29, 0.717) is 5.69 Å². The van der Waals surface area contributed by atoms with Crippen LogP contribution >= 0.6 is 0 Å². The third kappa shape index (κ3) is 4.41. The summed E-state index contributed by atoms with van der Waals surface area (Å²) < 4.78 is 21.7. The summed E-state index contributed by atoms with van der Waals surface area (Å²) in [6.45, 7) is 0. The van der Waals surface area contributed by atoms with Crippen molar-refractivity contribution in [2.24, 2.45) is 5.73 Å². The molecule has 0 aliphatic carbocycles. The van der Waals surface area contributed by atoms with Crippen LogP contribution in [0.5, 0.6) is 0 Å². The molecule has 8 heteroatoms. The second kappa shape index (κ2) is 5.08. The van der Waals surface area contributed by atoms with Gasteiger partial charge < -0.3 is 11.1 Å². The maximum atomic E-state index is 11.5. The van der Waals surface area contributed by atoms with Gasteiger partial charge in [-0.1, -0.05) is 0 Å². The van der Waals surface area contributed by atoms with Crippen molar-refractivity contribution >= 4 is 21.4 Å². The Balaban J connectivity index is 2.42. The summed E-state index contributed by atoms with van der Waals surface area (Å²) in [5.41, 5.74) is 6.03. The van der Waals surface area contributed by atoms with Gasteiger partial charge in [-0.15, -0.1) is 0 Å². The molecule has 1 rings (SSSR count). The van der Waals surface area contributed by atoms with Crippen molar-refractivity contribution in [1.29, 1.82) is 0 Å². The number of carbonyl (C=O) groups excluding carboxylic acids is 1. The molecule has 0 saturated heterocycles. The number of rotatable bonds is 5. The highest BCUT2D eigenvalue weighted by Crippen LogP contribution is 2.03. The van der Waals surface area contributed by atoms with Gasteiger partial charge in [-0.2, -0.15) is 5.10 Å². The van der Waals surface area contributed by atoms with Crippen LogP contribution in [-0.2, 0) is 14.6 Å². The lowest BCUT2D eigenvalue weighted by molar-refractivity contribution is -0.117. The molecule has 0 radical (unpaired) electrons. The normalized spacial score (nSPS) is 13.4. The summed E-state index contributed by atoms with van der Waals surface area (Å²) in [5, 5.41) is 8.68. The number of sulfone groups is 1. The zero-order valence-electron chi connectivity index (χ0n) is 8.80. The van der Waals surface area contributed by atoms with Crippen molar-refractivity contribution in [2.45, 2.75) is 12.5 Å². The van der Waals surface area contributed by atoms with Gasteiger partial charge in [0, 0.05) is 12.5 Å². The van der Waals surface area contributed by atoms with E-state index in [1.54, 1.807) is 0 Å². The third-order valence-electron chi connectivity index (χ3n) is 1.90. The Bertz CT molecular complexity index is 440. The molecule has 4 N–H and O–H groups in total. The van der Waals surface area contributed by atoms with Gasteiger partial charge in [-0.25, -0.2) is 8.42 Å². The Labute approximate surface area is 93.3 Å². The summed E-state index contributed by atoms with van der Waals surface area (Å²) in [5.74, 6) is -0.530. The molecule has 0 bridgehead atoms. The lowest BCUT2D eigenvalue weighted by atomic mass is 10.2. The van der Waals surface area contributed by atoms with Crippen molar-refractivity contribution < 1.29 is 13.2 Å². The summed E-state index contributed by atoms with van der Waals surface area (Å²) in [7, 11) is -3.09. The maximum absolute atomic E-state index is 11.5. The number of nitrogens with one attached hydrogen (secondary N) is 2. The van der Waals surface area contributed by atoms with E-state index in [4.69, 9.17) is 5.73 Å². The van der Waals surface area contributed by atoms with Gasteiger partial charge >= 0.3 is 0 Å². The Morgan fingerprint density at radius 1 is 1.69 bits per heavy atom. The molecule has 0 aliphatic rings. The quantitative estimate of drug-likeness (QED) is 0.623. The van der Waals surface area contributed by atoms with Crippen LogP contribution in [0, 0.1) is 0 Å². The molecule has 1 amide bonds. The number of hydrogen-bond acceptors (Lipinski definition) is 5. The van der Waals surface area contributed by atoms with Crippen molar-refractivity contribution in [1.82, 2.24) is 10.2 Å². The number of nitrogens with zero attached hydrogens (tertiary/aromatic N) is 1. The number of aromatic amines is 1. The zero-order chi connectivity index (χ0) is 12.2. The summed E-state index contributed by atoms with van der Waals surface area (Å²) >= 11 is 0. The van der Waals surface area contributed by atoms with Crippen LogP contribution in [0.3, 0.4) is 0 Å². The molecule has 0 aliphatic heterocycles. The summed E-state index contributed by atoms with van der Waals surface area (Å²) in [6, 6.07) is -0.843. The topological polar surface area (TPSA) is 118 Å². The lowest BCUT2D eigenvalue weighted by Gasteiger charge is -2.09. The van der Waals surface area contributed by atoms with Crippen LogP contribution in [0.1, 0.15) is 6.42 Å². The van der Waals surface area contributed by atoms with Crippen molar-refractivity contribution in [3.05, 3.63) is 12.4 Å². The van der Waals surface area contributed by atoms with Crippen LogP contribution in [0.15, 0.2) is 12.4 Å². The van der Waals surface area contributed by atoms with E-state index in [0.717, 1.165) is 6.26 Å². The standard InChI is InChI=1S/C8H14N4O3S/c1-16(14,15)3-2-7(9)8(13)12-6-4-10-11-5-6/h4-5,7H,2-3,9H2,1H3,(H,10,11)(H,12,13). The predicted octanol–water partition coefficient (Wildman–Crippen LogP) is -0.890. The number of aromatic nitrogens is 2. The van der Waals surface area contributed by atoms with Gasteiger partial charge in [0.15, 0.2) is 0 Å². The molecule has 1 heterocycles. The Kier molecular flexibility index (Phi) is 4.02. The fourth-order valence-corrected chi connectivity index (χ4v) is 1.71. The van der Waals surface area contributed by atoms with Gasteiger partial charge in [0.1, 0.15) is 9.84 Å². The summed E-state index contributed by atoms with van der Waals surface area (Å²) in [4.78, 5) is 11.5. The molecule has 0 fully saturated rings. The van der Waals surface area contributed by atoms with E-state index in [-0.39, 0.29) is 12.2 Å². The average molecular weight is 246 g/mol. The molecule has 7 nitrogen and oxygen atoms in total. The predicted molar refractivity (Wildman–Crippen MR) is 59.5 cm³/mol. The first-order valence-electron chi connectivity index (χ1n) is 4.61. The monoisotopic (exact) mass is 246 g/mol. The molecular weight excluding hydrogens is 232 g/mol. The van der Waals surface area contributed by atoms with Gasteiger partial charge in [-0.3, -0.25) is 9.89 Å². The van der Waals surface area contributed by atoms with Crippen LogP contribution in [0.2, 0.25) is 0 Å². The van der Waals surface area contributed by atoms with E-state index < -0.39 is 21.8 Å². The Hall–Kier alpha value is -1.41. The molecule has 0 spiro atoms. The number of H-pyrrole nitrogens is 1. The van der Waals surface area contributed by atoms with E-state index >= 15 is 0 Å². The molecule has 1 unspecified atom stereocenters. The number of carbonyl (C=O) groups is 1. The van der Waals surface area contributed by atoms with Crippen molar-refractivity contribution in [3.63, 3.8) is 0 Å². The average Bonchev–Trinajstić information content (AvgIpc) is 2.65. The van der Waals surface area contributed by atoms with E-state index in [1.165, 1.54) is 12.4 Å². The maximum Gasteiger partial charge on any atom is 0.241 e. The first-order chi connectivity index (χ1) is 7.38. The van der Waals surface area contributed by atoms with Crippen LogP contribution in [-0.4, -0.2) is 42.6 Å². The zero-order valence-corrected chi connectivity index (χ0v) is 9.62. The molecule has 16 heavy (non-hydrogen) atoms. The fraction of sp³-hybridized carbons (Fsp3) is 0.500. The van der Waals surface area contributed by atoms with E-state index in [2.05, 4.69) is 15.5 Å². The smallest absolute Gasteiger partial charge is 0.241 e. The first kappa shape index (κ1) is 12.7. The van der Waals surface area contributed by atoms with Gasteiger partial charge in [0.2, 0.25) is 5.91 Å². The van der Waals surface area contributed by atoms with Crippen LogP contribution < -0.4 is 11.1 Å². The highest BCUT2D eigenvalue weighted by atomic mass is 32.2. The minimum atomic E-state index is -3.09. The Morgan fingerprint density at radius 3 is 2.88 bits per heavy atom. The van der Waals surface area contributed by atoms with Crippen molar-refractivity contribution in [2.75, 3.05) is 17.3 Å². The minimum Gasteiger partial charge on any atom is -0.322 e. The van der Waals surface area contributed by atoms with Crippen molar-refractivity contribution in [3.8, 4) is 0 Å². The minimum absolute atomic E-state index is 0.0997. The molecular formula is C8H14N4O3S. The second-order valence-electron chi connectivity index (χ2n) is 3.50. The number of anilines is 1. The highest BCUT2D eigenvalue weighted by molar-refractivity contribution is 7.90. The van der Waals surface area contributed by atoms with E-state index in [1.807, 2.05) is 0 Å². The molecule has 90 valence electrons. The Morgan fingerprint density at radius 2 is 2.38 bits per heavy atom. The third-order valence-corrected chi connectivity index (χ3v) is 2.88. The molecule has 1 atom stereocenters. The first-order valence-corrected chi connectivity index (χ1v) is 6.67. The molecule has 0 saturated carbocycles. The van der Waals surface area contributed by atoms with Crippen LogP contribution in [0.4, 0.5) is 5.69 Å². The van der Waals surface area contributed by atoms with Gasteiger partial charge in [-0.05, 0) is 6.42 Å². The van der Waals surface area contributed by atoms with E-state index in [9.17, 15) is 13.2 Å². The summed E-state index contributed by atoms with van der Waals surface area (Å²) in [6.07, 6.45) is 4.14. The fourth-order valence-electron chi connectivity index (χ4n) is 1.03. The van der Waals surface area contributed by atoms with Gasteiger partial charge in [0.25, 0.3) is 0 Å². The SMILES string of the molecule is CS(=O)(=O)CCC(N)C(=O)Nc1cn[nH]c1. The lowest BCUT2D eigenvalue weighted by Crippen LogP contribution is -2.37. The van der Waals surface area contributed by atoms with Gasteiger partial charge in [0.05, 0.1) is 23.7 Å². The highest BCUT2D eigenvalue weighted by Gasteiger charge is 2.16. The molecule has 1 aromatic heterocycles. The van der Waals surface area contributed by atoms with Crippen LogP contribution in [0.25, 0.3) is 0 Å². The number of hydrogen-bond donors (Lipinski definition) is 3. The number of nitrogens with two attached hydrogens (primary N) is 1. The number of amides is 1.